The van der Waals surface area contributed by atoms with Crippen LogP contribution in [0, 0.1) is 13.8 Å². The summed E-state index contributed by atoms with van der Waals surface area (Å²) < 4.78 is 2.05. The van der Waals surface area contributed by atoms with E-state index in [0.29, 0.717) is 13.0 Å². The van der Waals surface area contributed by atoms with E-state index in [4.69, 9.17) is 0 Å². The minimum absolute atomic E-state index is 0.00545. The van der Waals surface area contributed by atoms with Gasteiger partial charge in [-0.25, -0.2) is 9.97 Å². The van der Waals surface area contributed by atoms with Crippen molar-refractivity contribution < 1.29 is 4.79 Å². The van der Waals surface area contributed by atoms with Crippen LogP contribution in [-0.2, 0) is 17.8 Å². The summed E-state index contributed by atoms with van der Waals surface area (Å²) in [4.78, 5) is 24.3. The lowest BCUT2D eigenvalue weighted by Crippen LogP contribution is -2.31. The second kappa shape index (κ2) is 7.05. The van der Waals surface area contributed by atoms with Gasteiger partial charge in [0.15, 0.2) is 0 Å². The van der Waals surface area contributed by atoms with Gasteiger partial charge in [0.1, 0.15) is 5.82 Å². The molecular weight excluding hydrogens is 296 g/mol. The van der Waals surface area contributed by atoms with E-state index < -0.39 is 0 Å². The van der Waals surface area contributed by atoms with Crippen molar-refractivity contribution in [2.24, 2.45) is 0 Å². The number of hydrogen-bond donors (Lipinski definition) is 0. The number of aryl methyl sites for hydroxylation is 4. The van der Waals surface area contributed by atoms with E-state index in [-0.39, 0.29) is 11.9 Å². The van der Waals surface area contributed by atoms with Crippen LogP contribution in [0.15, 0.2) is 12.4 Å². The number of carbonyl (C=O) groups is 1. The maximum Gasteiger partial charge on any atom is 0.224 e. The molecule has 0 fully saturated rings. The molecule has 2 aromatic rings. The molecule has 5 nitrogen and oxygen atoms in total. The van der Waals surface area contributed by atoms with Gasteiger partial charge in [-0.15, -0.1) is 11.3 Å². The number of aromatic nitrogens is 3. The van der Waals surface area contributed by atoms with Crippen molar-refractivity contribution in [3.8, 4) is 0 Å². The van der Waals surface area contributed by atoms with Crippen molar-refractivity contribution in [1.82, 2.24) is 19.4 Å². The van der Waals surface area contributed by atoms with Crippen LogP contribution in [0.4, 0.5) is 0 Å². The number of nitrogens with zero attached hydrogens (tertiary/aromatic N) is 4. The summed E-state index contributed by atoms with van der Waals surface area (Å²) >= 11 is 1.68. The fourth-order valence-electron chi connectivity index (χ4n) is 2.58. The average molecular weight is 320 g/mol. The molecule has 2 heterocycles. The molecule has 6 heteroatoms. The van der Waals surface area contributed by atoms with Crippen molar-refractivity contribution in [2.45, 2.75) is 53.1 Å². The van der Waals surface area contributed by atoms with Gasteiger partial charge in [-0.3, -0.25) is 4.79 Å². The third-order valence-corrected chi connectivity index (χ3v) is 4.90. The highest BCUT2D eigenvalue weighted by molar-refractivity contribution is 7.11. The average Bonchev–Trinajstić information content (AvgIpc) is 3.08. The molecule has 1 atom stereocenters. The predicted octanol–water partition coefficient (Wildman–Crippen LogP) is 3.13. The summed E-state index contributed by atoms with van der Waals surface area (Å²) in [6.07, 6.45) is 5.08. The molecule has 0 bridgehead atoms. The number of thiazole rings is 1. The van der Waals surface area contributed by atoms with Crippen LogP contribution in [-0.4, -0.2) is 32.4 Å². The zero-order chi connectivity index (χ0) is 16.3. The Kier molecular flexibility index (Phi) is 5.34. The maximum atomic E-state index is 12.4. The van der Waals surface area contributed by atoms with Crippen LogP contribution in [0.3, 0.4) is 0 Å². The first kappa shape index (κ1) is 16.7. The Balaban J connectivity index is 1.98. The molecule has 0 unspecified atom stereocenters. The first-order valence-corrected chi connectivity index (χ1v) is 8.45. The molecule has 2 rings (SSSR count). The third-order valence-electron chi connectivity index (χ3n) is 3.99. The molecule has 0 aromatic carbocycles. The molecule has 1 amide bonds. The Morgan fingerprint density at radius 3 is 2.77 bits per heavy atom. The zero-order valence-electron chi connectivity index (χ0n) is 14.0. The first-order chi connectivity index (χ1) is 10.4. The molecule has 2 aromatic heterocycles. The van der Waals surface area contributed by atoms with Crippen LogP contribution in [0.5, 0.6) is 0 Å². The SMILES string of the molecule is CCc1nccn1CCC(=O)N(C)[C@H](C)c1nc(C)sc1C. The van der Waals surface area contributed by atoms with Gasteiger partial charge in [0.05, 0.1) is 16.7 Å². The van der Waals surface area contributed by atoms with E-state index in [0.717, 1.165) is 22.9 Å². The molecular formula is C16H24N4OS. The molecule has 0 spiro atoms. The van der Waals surface area contributed by atoms with E-state index in [1.165, 1.54) is 4.88 Å². The van der Waals surface area contributed by atoms with Gasteiger partial charge in [-0.1, -0.05) is 6.92 Å². The van der Waals surface area contributed by atoms with E-state index in [1.54, 1.807) is 22.4 Å². The molecule has 0 N–H and O–H groups in total. The Hall–Kier alpha value is -1.69. The first-order valence-electron chi connectivity index (χ1n) is 7.63. The largest absolute Gasteiger partial charge is 0.337 e. The third kappa shape index (κ3) is 3.55. The Morgan fingerprint density at radius 1 is 1.45 bits per heavy atom. The van der Waals surface area contributed by atoms with E-state index >= 15 is 0 Å². The predicted molar refractivity (Wildman–Crippen MR) is 89.0 cm³/mol. The minimum Gasteiger partial charge on any atom is -0.337 e. The number of imidazole rings is 1. The minimum atomic E-state index is 0.00545. The van der Waals surface area contributed by atoms with Crippen LogP contribution in [0.25, 0.3) is 0 Å². The van der Waals surface area contributed by atoms with Gasteiger partial charge >= 0.3 is 0 Å². The quantitative estimate of drug-likeness (QED) is 0.821. The fraction of sp³-hybridized carbons (Fsp3) is 0.562. The highest BCUT2D eigenvalue weighted by Gasteiger charge is 2.21. The lowest BCUT2D eigenvalue weighted by molar-refractivity contribution is -0.132. The van der Waals surface area contributed by atoms with Crippen LogP contribution >= 0.6 is 11.3 Å². The smallest absolute Gasteiger partial charge is 0.224 e. The second-order valence-corrected chi connectivity index (χ2v) is 6.90. The highest BCUT2D eigenvalue weighted by atomic mass is 32.1. The van der Waals surface area contributed by atoms with Crippen molar-refractivity contribution in [3.63, 3.8) is 0 Å². The van der Waals surface area contributed by atoms with Gasteiger partial charge in [-0.05, 0) is 20.8 Å². The summed E-state index contributed by atoms with van der Waals surface area (Å²) in [6, 6.07) is 0.00545. The Labute approximate surface area is 136 Å². The number of amides is 1. The van der Waals surface area contributed by atoms with Gasteiger partial charge < -0.3 is 9.47 Å². The van der Waals surface area contributed by atoms with E-state index in [2.05, 4.69) is 28.4 Å². The summed E-state index contributed by atoms with van der Waals surface area (Å²) in [6.45, 7) is 8.85. The summed E-state index contributed by atoms with van der Waals surface area (Å²) in [7, 11) is 1.86. The highest BCUT2D eigenvalue weighted by Crippen LogP contribution is 2.26. The topological polar surface area (TPSA) is 51.0 Å². The van der Waals surface area contributed by atoms with Gasteiger partial charge in [-0.2, -0.15) is 0 Å². The number of rotatable bonds is 6. The molecule has 120 valence electrons. The van der Waals surface area contributed by atoms with Crippen LogP contribution in [0.1, 0.15) is 47.7 Å². The molecule has 0 aliphatic heterocycles. The van der Waals surface area contributed by atoms with Crippen molar-refractivity contribution in [2.75, 3.05) is 7.05 Å². The number of carbonyl (C=O) groups excluding carboxylic acids is 1. The zero-order valence-corrected chi connectivity index (χ0v) is 14.8. The van der Waals surface area contributed by atoms with E-state index in [1.807, 2.05) is 27.1 Å². The maximum absolute atomic E-state index is 12.4. The van der Waals surface area contributed by atoms with Crippen molar-refractivity contribution in [3.05, 3.63) is 33.8 Å². The summed E-state index contributed by atoms with van der Waals surface area (Å²) in [5.41, 5.74) is 1.01. The normalized spacial score (nSPS) is 12.4. The van der Waals surface area contributed by atoms with Gasteiger partial charge in [0, 0.05) is 43.7 Å². The standard InChI is InChI=1S/C16H24N4OS/c1-6-14-17-8-10-20(14)9-7-15(21)19(5)11(2)16-12(3)22-13(4)18-16/h8,10-11H,6-7,9H2,1-5H3/t11-/m1/s1. The van der Waals surface area contributed by atoms with Gasteiger partial charge in [0.2, 0.25) is 5.91 Å². The van der Waals surface area contributed by atoms with Gasteiger partial charge in [0.25, 0.3) is 0 Å². The Morgan fingerprint density at radius 2 is 2.18 bits per heavy atom. The molecule has 0 radical (unpaired) electrons. The Bertz CT molecular complexity index is 646. The van der Waals surface area contributed by atoms with Crippen molar-refractivity contribution >= 4 is 17.2 Å². The number of hydrogen-bond acceptors (Lipinski definition) is 4. The van der Waals surface area contributed by atoms with Crippen LogP contribution < -0.4 is 0 Å². The molecule has 0 aliphatic rings. The van der Waals surface area contributed by atoms with Crippen molar-refractivity contribution in [1.29, 1.82) is 0 Å². The fourth-order valence-corrected chi connectivity index (χ4v) is 3.49. The molecule has 0 saturated carbocycles. The molecule has 0 aliphatic carbocycles. The molecule has 22 heavy (non-hydrogen) atoms. The lowest BCUT2D eigenvalue weighted by Gasteiger charge is -2.24. The van der Waals surface area contributed by atoms with Crippen LogP contribution in [0.2, 0.25) is 0 Å². The lowest BCUT2D eigenvalue weighted by atomic mass is 10.2. The second-order valence-electron chi connectivity index (χ2n) is 5.50. The molecule has 0 saturated heterocycles. The summed E-state index contributed by atoms with van der Waals surface area (Å²) in [5.74, 6) is 1.16. The monoisotopic (exact) mass is 320 g/mol. The van der Waals surface area contributed by atoms with E-state index in [9.17, 15) is 4.79 Å². The summed E-state index contributed by atoms with van der Waals surface area (Å²) in [5, 5.41) is 1.05.